The molecule has 0 spiro atoms. The Morgan fingerprint density at radius 3 is 1.79 bits per heavy atom. The Kier molecular flexibility index (Phi) is 30.2. The maximum atomic E-state index is 13.2. The van der Waals surface area contributed by atoms with E-state index in [1.165, 1.54) is 0 Å². The molecule has 0 amide bonds. The van der Waals surface area contributed by atoms with E-state index in [2.05, 4.69) is 223 Å². The first kappa shape index (κ1) is 88.1. The van der Waals surface area contributed by atoms with Gasteiger partial charge in [0.05, 0.1) is 87.0 Å². The van der Waals surface area contributed by atoms with Crippen LogP contribution in [-0.4, -0.2) is 175 Å². The molecule has 6 fully saturated rings. The molecule has 6 aliphatic rings. The van der Waals surface area contributed by atoms with Crippen LogP contribution in [0.1, 0.15) is 205 Å². The molecule has 15 nitrogen and oxygen atoms in total. The molecule has 0 N–H and O–H groups in total. The number of hydrogen-bond donors (Lipinski definition) is 0. The fraction of sp³-hybridized carbons (Fsp3) is 0.848. The third-order valence-electron chi connectivity index (χ3n) is 26.2. The van der Waals surface area contributed by atoms with E-state index < -0.39 is 83.2 Å². The average Bonchev–Trinajstić information content (AvgIpc) is 1.51. The second-order valence-electron chi connectivity index (χ2n) is 38.7. The molecular formula is C79H142IO15SSi5-. The fourth-order valence-electron chi connectivity index (χ4n) is 14.5. The third kappa shape index (κ3) is 22.1. The molecule has 0 bridgehead atoms. The third-order valence-corrected chi connectivity index (χ3v) is 49.7. The molecule has 0 aromatic heterocycles. The van der Waals surface area contributed by atoms with Crippen molar-refractivity contribution in [2.24, 2.45) is 11.8 Å². The maximum absolute atomic E-state index is 13.2. The van der Waals surface area contributed by atoms with Crippen molar-refractivity contribution in [1.29, 1.82) is 0 Å². The van der Waals surface area contributed by atoms with Crippen molar-refractivity contribution in [3.63, 3.8) is 0 Å². The molecule has 582 valence electrons. The Bertz CT molecular complexity index is 2920. The number of methoxy groups -OCH3 is 1. The Morgan fingerprint density at radius 2 is 1.23 bits per heavy atom. The largest absolute Gasteiger partial charge is 0.768 e. The van der Waals surface area contributed by atoms with Crippen LogP contribution in [0.2, 0.25) is 90.7 Å². The molecule has 0 aliphatic carbocycles. The lowest BCUT2D eigenvalue weighted by atomic mass is 9.77. The van der Waals surface area contributed by atoms with Gasteiger partial charge < -0.3 is 64.6 Å². The molecule has 7 rings (SSSR count). The van der Waals surface area contributed by atoms with Crippen LogP contribution in [0.4, 0.5) is 0 Å². The summed E-state index contributed by atoms with van der Waals surface area (Å²) in [5, 5.41) is -0.405. The molecule has 22 heteroatoms. The van der Waals surface area contributed by atoms with Crippen LogP contribution < -0.4 is 0 Å². The number of hydrogen-bond acceptors (Lipinski definition) is 15. The molecular weight excluding hydrogens is 1490 g/mol. The summed E-state index contributed by atoms with van der Waals surface area (Å²) in [6, 6.07) is 5.58. The van der Waals surface area contributed by atoms with Crippen LogP contribution in [0.5, 0.6) is 0 Å². The van der Waals surface area contributed by atoms with Gasteiger partial charge in [-0.1, -0.05) is 153 Å². The highest BCUT2D eigenvalue weighted by Gasteiger charge is 2.59. The van der Waals surface area contributed by atoms with Gasteiger partial charge in [-0.05, 0) is 217 Å². The van der Waals surface area contributed by atoms with Crippen LogP contribution >= 0.6 is 22.6 Å². The summed E-state index contributed by atoms with van der Waals surface area (Å²) in [6.45, 7) is 73.2. The lowest BCUT2D eigenvalue weighted by molar-refractivity contribution is -0.268. The lowest BCUT2D eigenvalue weighted by Gasteiger charge is -2.56. The fourth-order valence-corrected chi connectivity index (χ4v) is 21.5. The highest BCUT2D eigenvalue weighted by molar-refractivity contribution is 14.1. The topological polar surface area (TPSA) is 160 Å². The number of fused-ring (bicyclic) bond motifs is 1. The average molecular weight is 1630 g/mol. The zero-order valence-corrected chi connectivity index (χ0v) is 76.3. The maximum Gasteiger partial charge on any atom is 0.193 e. The summed E-state index contributed by atoms with van der Waals surface area (Å²) in [5.41, 5.74) is 4.21. The lowest BCUT2D eigenvalue weighted by Crippen LogP contribution is -2.69. The van der Waals surface area contributed by atoms with E-state index in [0.29, 0.717) is 58.3 Å². The van der Waals surface area contributed by atoms with Gasteiger partial charge in [-0.3, -0.25) is 4.21 Å². The van der Waals surface area contributed by atoms with E-state index in [1.807, 2.05) is 19.2 Å². The van der Waals surface area contributed by atoms with Crippen molar-refractivity contribution in [2.45, 2.75) is 394 Å². The zero-order valence-electron chi connectivity index (χ0n) is 68.3. The molecule has 6 saturated heterocycles. The minimum Gasteiger partial charge on any atom is -0.768 e. The second-order valence-corrected chi connectivity index (χ2v) is 64.1. The van der Waals surface area contributed by atoms with E-state index in [0.717, 1.165) is 60.8 Å². The van der Waals surface area contributed by atoms with Crippen LogP contribution in [0.25, 0.3) is 0 Å². The van der Waals surface area contributed by atoms with Crippen molar-refractivity contribution in [2.75, 3.05) is 26.9 Å². The summed E-state index contributed by atoms with van der Waals surface area (Å²) in [7, 11) is -10.3. The number of rotatable bonds is 30. The summed E-state index contributed by atoms with van der Waals surface area (Å²) in [6.07, 6.45) is 6.39. The highest BCUT2D eigenvalue weighted by Crippen LogP contribution is 2.52. The number of benzene rings is 1. The molecule has 6 heterocycles. The SMILES string of the molecule is C=C1C[C@H](CCC2OCCO2)O[C@H]1CC[C@H]1C[C@@H](C)C(=C)[C@@H](C[C@@H]2O[C@H](CC(CO[Si](C)(C)C(C)(C)C)O[Si](C)(C)C(C)(C)C)[C@H](OC)[C@H]2CC[C@@H](c2cc(S(=O)[O-])ccc2C)C2CC[C@@H]3O[C@@H](C(/C=C/I)O[Si](C)(C)C(C)(C)C)C(O[Si](C)(C)C(C)(C)C)C(O[Si](C)(C)C(C)(C)C)[C@H]3O2)O1. The number of halogens is 1. The summed E-state index contributed by atoms with van der Waals surface area (Å²) >= 11 is -0.145. The van der Waals surface area contributed by atoms with Crippen molar-refractivity contribution in [3.05, 3.63) is 63.8 Å². The Hall–Kier alpha value is -0.156. The number of ether oxygens (including phenoxy) is 8. The van der Waals surface area contributed by atoms with Gasteiger partial charge in [0.15, 0.2) is 47.9 Å². The van der Waals surface area contributed by atoms with E-state index in [4.69, 9.17) is 66.6 Å². The van der Waals surface area contributed by atoms with E-state index in [1.54, 1.807) is 6.07 Å². The molecule has 0 radical (unpaired) electrons. The first-order chi connectivity index (χ1) is 46.3. The minimum absolute atomic E-state index is 0.00184. The van der Waals surface area contributed by atoms with Gasteiger partial charge >= 0.3 is 0 Å². The second kappa shape index (κ2) is 34.6. The van der Waals surface area contributed by atoms with Gasteiger partial charge in [0.1, 0.15) is 24.4 Å². The van der Waals surface area contributed by atoms with Crippen LogP contribution in [0.3, 0.4) is 0 Å². The first-order valence-corrected chi connectivity index (χ1v) is 55.4. The van der Waals surface area contributed by atoms with Gasteiger partial charge in [-0.2, -0.15) is 0 Å². The minimum atomic E-state index is -2.60. The molecule has 6 unspecified atom stereocenters. The summed E-state index contributed by atoms with van der Waals surface area (Å²) in [4.78, 5) is 0.251. The molecule has 6 aliphatic heterocycles. The number of aryl methyl sites for hydroxylation is 1. The Labute approximate surface area is 636 Å². The van der Waals surface area contributed by atoms with Gasteiger partial charge in [0, 0.05) is 43.1 Å². The quantitative estimate of drug-likeness (QED) is 0.0309. The van der Waals surface area contributed by atoms with E-state index >= 15 is 0 Å². The van der Waals surface area contributed by atoms with E-state index in [9.17, 15) is 8.76 Å². The van der Waals surface area contributed by atoms with Crippen molar-refractivity contribution in [1.82, 2.24) is 0 Å². The van der Waals surface area contributed by atoms with Crippen LogP contribution in [0, 0.1) is 18.8 Å². The van der Waals surface area contributed by atoms with Crippen LogP contribution in [0.15, 0.2) is 57.6 Å². The standard InChI is InChI=1S/C79H143IO15SSi5/c1-51-31-34-58(96(81)82)48-61(51)59(63-38-39-64-71(90-63)73(94-100(27,28)78(14,15)16)74(95-101(29,30)79(17,18)19)72(91-64)65(41-42-80)93-99(25,26)77(11,12)13)35-36-60-67(89-68(70(60)83-20)47-57(92-98(23,24)76(8,9)10)50-86-97(21,22)75(5,6)7)49-66-54(4)52(2)45-55(88-66)32-37-62-53(3)46-56(87-62)33-40-69-84-43-44-85-69/h31,34,41-42,48,52,55-57,59-60,62-74H,3-4,32-33,35-40,43-47,49-50H2,1-2,5-30H3,(H,81,82)/p-1/b42-41+/t52-,55+,56+,57?,59+,60+,62+,63?,64+,65?,66-,67+,68-,70-,71+,72+,73?,74?/m1/s1. The molecule has 101 heavy (non-hydrogen) atoms. The molecule has 1 aromatic carbocycles. The Morgan fingerprint density at radius 1 is 0.663 bits per heavy atom. The highest BCUT2D eigenvalue weighted by atomic mass is 127. The molecule has 0 saturated carbocycles. The first-order valence-electron chi connectivity index (χ1n) is 38.5. The van der Waals surface area contributed by atoms with Crippen molar-refractivity contribution in [3.8, 4) is 0 Å². The smallest absolute Gasteiger partial charge is 0.193 e. The van der Waals surface area contributed by atoms with Gasteiger partial charge in [0.25, 0.3) is 0 Å². The monoisotopic (exact) mass is 1630 g/mol. The predicted molar refractivity (Wildman–Crippen MR) is 432 cm³/mol. The van der Waals surface area contributed by atoms with Crippen LogP contribution in [-0.2, 0) is 71.1 Å². The predicted octanol–water partition coefficient (Wildman–Crippen LogP) is 20.1. The normalized spacial score (nSPS) is 31.1. The van der Waals surface area contributed by atoms with Gasteiger partial charge in [-0.15, -0.1) is 0 Å². The van der Waals surface area contributed by atoms with Gasteiger partial charge in [0.2, 0.25) is 0 Å². The summed E-state index contributed by atoms with van der Waals surface area (Å²) < 4.78 is 122. The molecule has 1 aromatic rings. The molecule has 19 atom stereocenters. The van der Waals surface area contributed by atoms with Crippen molar-refractivity contribution < 1.29 is 68.8 Å². The van der Waals surface area contributed by atoms with Crippen molar-refractivity contribution >= 4 is 75.3 Å². The Balaban J connectivity index is 1.30. The zero-order chi connectivity index (χ0) is 75.8. The van der Waals surface area contributed by atoms with E-state index in [-0.39, 0.29) is 115 Å². The van der Waals surface area contributed by atoms with Gasteiger partial charge in [-0.25, -0.2) is 0 Å². The summed E-state index contributed by atoms with van der Waals surface area (Å²) in [5.74, 6) is -0.148.